The number of benzene rings is 1. The molecule has 0 aliphatic carbocycles. The lowest BCUT2D eigenvalue weighted by atomic mass is 9.92. The van der Waals surface area contributed by atoms with Crippen LogP contribution in [-0.4, -0.2) is 20.3 Å². The van der Waals surface area contributed by atoms with E-state index in [-0.39, 0.29) is 0 Å². The van der Waals surface area contributed by atoms with E-state index in [1.165, 1.54) is 5.56 Å². The summed E-state index contributed by atoms with van der Waals surface area (Å²) in [5.41, 5.74) is 1.36. The van der Waals surface area contributed by atoms with E-state index in [2.05, 4.69) is 34.1 Å². The SMILES string of the molecule is COc1cc(C2CCOCC2)ccc1Br. The van der Waals surface area contributed by atoms with Gasteiger partial charge in [-0.05, 0) is 52.4 Å². The van der Waals surface area contributed by atoms with Crippen molar-refractivity contribution in [2.24, 2.45) is 0 Å². The zero-order chi connectivity index (χ0) is 10.7. The van der Waals surface area contributed by atoms with E-state index in [9.17, 15) is 0 Å². The molecule has 1 aliphatic heterocycles. The Bertz CT molecular complexity index is 332. The molecule has 1 aromatic carbocycles. The number of hydrogen-bond acceptors (Lipinski definition) is 2. The first-order valence-electron chi connectivity index (χ1n) is 5.22. The molecular formula is C12H15BrO2. The average molecular weight is 271 g/mol. The van der Waals surface area contributed by atoms with Gasteiger partial charge < -0.3 is 9.47 Å². The third kappa shape index (κ3) is 2.52. The van der Waals surface area contributed by atoms with Crippen molar-refractivity contribution in [2.75, 3.05) is 20.3 Å². The van der Waals surface area contributed by atoms with E-state index in [0.29, 0.717) is 5.92 Å². The van der Waals surface area contributed by atoms with Gasteiger partial charge >= 0.3 is 0 Å². The second kappa shape index (κ2) is 4.99. The van der Waals surface area contributed by atoms with E-state index in [0.717, 1.165) is 36.3 Å². The molecule has 0 aromatic heterocycles. The van der Waals surface area contributed by atoms with Crippen molar-refractivity contribution in [1.29, 1.82) is 0 Å². The molecular weight excluding hydrogens is 256 g/mol. The summed E-state index contributed by atoms with van der Waals surface area (Å²) in [7, 11) is 1.70. The van der Waals surface area contributed by atoms with E-state index in [1.54, 1.807) is 7.11 Å². The molecule has 1 saturated heterocycles. The van der Waals surface area contributed by atoms with Gasteiger partial charge in [-0.1, -0.05) is 6.07 Å². The summed E-state index contributed by atoms with van der Waals surface area (Å²) in [6.07, 6.45) is 2.23. The number of methoxy groups -OCH3 is 1. The summed E-state index contributed by atoms with van der Waals surface area (Å²) in [6.45, 7) is 1.76. The van der Waals surface area contributed by atoms with Crippen LogP contribution in [0.4, 0.5) is 0 Å². The Morgan fingerprint density at radius 2 is 2.07 bits per heavy atom. The first-order chi connectivity index (χ1) is 7.31. The first-order valence-corrected chi connectivity index (χ1v) is 6.01. The minimum Gasteiger partial charge on any atom is -0.496 e. The smallest absolute Gasteiger partial charge is 0.133 e. The fourth-order valence-electron chi connectivity index (χ4n) is 1.96. The minimum absolute atomic E-state index is 0.626. The molecule has 82 valence electrons. The van der Waals surface area contributed by atoms with Crippen molar-refractivity contribution >= 4 is 15.9 Å². The van der Waals surface area contributed by atoms with E-state index >= 15 is 0 Å². The van der Waals surface area contributed by atoms with Gasteiger partial charge in [0.15, 0.2) is 0 Å². The molecule has 3 heteroatoms. The lowest BCUT2D eigenvalue weighted by Crippen LogP contribution is -2.14. The van der Waals surface area contributed by atoms with Gasteiger partial charge in [0.25, 0.3) is 0 Å². The van der Waals surface area contributed by atoms with Crippen LogP contribution in [0.5, 0.6) is 5.75 Å². The van der Waals surface area contributed by atoms with Crippen molar-refractivity contribution in [2.45, 2.75) is 18.8 Å². The lowest BCUT2D eigenvalue weighted by Gasteiger charge is -2.22. The van der Waals surface area contributed by atoms with Gasteiger partial charge in [0.05, 0.1) is 11.6 Å². The Labute approximate surface area is 98.7 Å². The lowest BCUT2D eigenvalue weighted by molar-refractivity contribution is 0.0853. The third-order valence-corrected chi connectivity index (χ3v) is 3.52. The zero-order valence-corrected chi connectivity index (χ0v) is 10.4. The molecule has 2 rings (SSSR count). The topological polar surface area (TPSA) is 18.5 Å². The van der Waals surface area contributed by atoms with Crippen LogP contribution in [0, 0.1) is 0 Å². The fraction of sp³-hybridized carbons (Fsp3) is 0.500. The molecule has 2 nitrogen and oxygen atoms in total. The summed E-state index contributed by atoms with van der Waals surface area (Å²) in [6, 6.07) is 6.35. The Balaban J connectivity index is 2.20. The predicted octanol–water partition coefficient (Wildman–Crippen LogP) is 3.35. The van der Waals surface area contributed by atoms with Gasteiger partial charge in [0.2, 0.25) is 0 Å². The molecule has 0 saturated carbocycles. The second-order valence-electron chi connectivity index (χ2n) is 3.78. The van der Waals surface area contributed by atoms with E-state index in [1.807, 2.05) is 0 Å². The molecule has 15 heavy (non-hydrogen) atoms. The summed E-state index contributed by atoms with van der Waals surface area (Å²) in [5, 5.41) is 0. The van der Waals surface area contributed by atoms with Crippen LogP contribution >= 0.6 is 15.9 Å². The molecule has 1 fully saturated rings. The highest BCUT2D eigenvalue weighted by Gasteiger charge is 2.16. The summed E-state index contributed by atoms with van der Waals surface area (Å²) >= 11 is 3.46. The van der Waals surface area contributed by atoms with Crippen LogP contribution in [0.15, 0.2) is 22.7 Å². The molecule has 0 atom stereocenters. The van der Waals surface area contributed by atoms with Crippen LogP contribution in [0.2, 0.25) is 0 Å². The molecule has 0 spiro atoms. The van der Waals surface area contributed by atoms with Crippen molar-refractivity contribution in [3.8, 4) is 5.75 Å². The van der Waals surface area contributed by atoms with Gasteiger partial charge in [-0.25, -0.2) is 0 Å². The largest absolute Gasteiger partial charge is 0.496 e. The molecule has 0 N–H and O–H groups in total. The number of halogens is 1. The van der Waals surface area contributed by atoms with Gasteiger partial charge in [-0.3, -0.25) is 0 Å². The average Bonchev–Trinajstić information content (AvgIpc) is 2.31. The van der Waals surface area contributed by atoms with Crippen molar-refractivity contribution in [3.05, 3.63) is 28.2 Å². The zero-order valence-electron chi connectivity index (χ0n) is 8.83. The first kappa shape index (κ1) is 11.0. The quantitative estimate of drug-likeness (QED) is 0.821. The van der Waals surface area contributed by atoms with Crippen molar-refractivity contribution in [1.82, 2.24) is 0 Å². The maximum atomic E-state index is 5.36. The molecule has 0 radical (unpaired) electrons. The summed E-state index contributed by atoms with van der Waals surface area (Å²) in [4.78, 5) is 0. The second-order valence-corrected chi connectivity index (χ2v) is 4.63. The maximum Gasteiger partial charge on any atom is 0.133 e. The van der Waals surface area contributed by atoms with Gasteiger partial charge in [0, 0.05) is 13.2 Å². The van der Waals surface area contributed by atoms with Crippen LogP contribution in [0.3, 0.4) is 0 Å². The predicted molar refractivity (Wildman–Crippen MR) is 63.5 cm³/mol. The van der Waals surface area contributed by atoms with Crippen LogP contribution in [0.1, 0.15) is 24.3 Å². The number of rotatable bonds is 2. The molecule has 1 aliphatic rings. The van der Waals surface area contributed by atoms with Crippen LogP contribution < -0.4 is 4.74 Å². The highest BCUT2D eigenvalue weighted by molar-refractivity contribution is 9.10. The summed E-state index contributed by atoms with van der Waals surface area (Å²) in [5.74, 6) is 1.54. The molecule has 0 bridgehead atoms. The van der Waals surface area contributed by atoms with Crippen LogP contribution in [-0.2, 0) is 4.74 Å². The molecule has 0 unspecified atom stereocenters. The Hall–Kier alpha value is -0.540. The van der Waals surface area contributed by atoms with Crippen molar-refractivity contribution < 1.29 is 9.47 Å². The number of ether oxygens (including phenoxy) is 2. The summed E-state index contributed by atoms with van der Waals surface area (Å²) < 4.78 is 11.7. The monoisotopic (exact) mass is 270 g/mol. The van der Waals surface area contributed by atoms with Gasteiger partial charge in [0.1, 0.15) is 5.75 Å². The van der Waals surface area contributed by atoms with Crippen molar-refractivity contribution in [3.63, 3.8) is 0 Å². The molecule has 0 amide bonds. The van der Waals surface area contributed by atoms with E-state index < -0.39 is 0 Å². The highest BCUT2D eigenvalue weighted by atomic mass is 79.9. The number of hydrogen-bond donors (Lipinski definition) is 0. The maximum absolute atomic E-state index is 5.36. The Morgan fingerprint density at radius 3 is 2.73 bits per heavy atom. The highest BCUT2D eigenvalue weighted by Crippen LogP contribution is 2.32. The Kier molecular flexibility index (Phi) is 3.65. The van der Waals surface area contributed by atoms with Gasteiger partial charge in [-0.2, -0.15) is 0 Å². The molecule has 1 heterocycles. The standard InChI is InChI=1S/C12H15BrO2/c1-14-12-8-10(2-3-11(12)13)9-4-6-15-7-5-9/h2-3,8-9H,4-7H2,1H3. The van der Waals surface area contributed by atoms with E-state index in [4.69, 9.17) is 9.47 Å². The Morgan fingerprint density at radius 1 is 1.33 bits per heavy atom. The third-order valence-electron chi connectivity index (χ3n) is 2.87. The minimum atomic E-state index is 0.626. The normalized spacial score (nSPS) is 17.7. The van der Waals surface area contributed by atoms with Gasteiger partial charge in [-0.15, -0.1) is 0 Å². The van der Waals surface area contributed by atoms with Crippen LogP contribution in [0.25, 0.3) is 0 Å². The molecule has 1 aromatic rings. The fourth-order valence-corrected chi connectivity index (χ4v) is 2.37.